The van der Waals surface area contributed by atoms with Crippen LogP contribution in [0.3, 0.4) is 0 Å². The first-order chi connectivity index (χ1) is 13.2. The normalized spacial score (nSPS) is 20.3. The Morgan fingerprint density at radius 3 is 1.63 bits per heavy atom. The average Bonchev–Trinajstić information content (AvgIpc) is 2.72. The molecule has 1 saturated heterocycles. The van der Waals surface area contributed by atoms with Crippen molar-refractivity contribution in [2.45, 2.75) is 44.2 Å². The number of piperazine rings is 1. The van der Waals surface area contributed by atoms with Gasteiger partial charge in [0.2, 0.25) is 0 Å². The average molecular weight is 370 g/mol. The standard InChI is InChI=1S/C23H28F2N2/c24-20-10-6-18(7-11-20)23(19-8-12-21(25)13-9-19)27-16-14-26(15-17-27)22-4-2-1-3-5-22/h6-13,22-23H,1-5,14-17H2. The van der Waals surface area contributed by atoms with E-state index in [1.807, 2.05) is 24.3 Å². The summed E-state index contributed by atoms with van der Waals surface area (Å²) in [6.07, 6.45) is 6.77. The monoisotopic (exact) mass is 370 g/mol. The minimum absolute atomic E-state index is 0.0414. The van der Waals surface area contributed by atoms with E-state index in [0.29, 0.717) is 0 Å². The summed E-state index contributed by atoms with van der Waals surface area (Å²) < 4.78 is 26.9. The van der Waals surface area contributed by atoms with Crippen LogP contribution < -0.4 is 0 Å². The summed E-state index contributed by atoms with van der Waals surface area (Å²) in [5.74, 6) is -0.447. The summed E-state index contributed by atoms with van der Waals surface area (Å²) in [4.78, 5) is 5.11. The van der Waals surface area contributed by atoms with Gasteiger partial charge < -0.3 is 0 Å². The van der Waals surface area contributed by atoms with Gasteiger partial charge in [0, 0.05) is 32.2 Å². The Morgan fingerprint density at radius 2 is 1.15 bits per heavy atom. The van der Waals surface area contributed by atoms with Crippen molar-refractivity contribution < 1.29 is 8.78 Å². The highest BCUT2D eigenvalue weighted by molar-refractivity contribution is 5.32. The van der Waals surface area contributed by atoms with Crippen LogP contribution in [0.25, 0.3) is 0 Å². The van der Waals surface area contributed by atoms with Gasteiger partial charge >= 0.3 is 0 Å². The van der Waals surface area contributed by atoms with E-state index in [4.69, 9.17) is 0 Å². The van der Waals surface area contributed by atoms with E-state index in [1.165, 1.54) is 56.4 Å². The molecule has 0 spiro atoms. The Balaban J connectivity index is 1.52. The van der Waals surface area contributed by atoms with Crippen molar-refractivity contribution in [2.75, 3.05) is 26.2 Å². The van der Waals surface area contributed by atoms with E-state index in [-0.39, 0.29) is 17.7 Å². The van der Waals surface area contributed by atoms with Crippen LogP contribution in [0.4, 0.5) is 8.78 Å². The molecule has 1 aliphatic heterocycles. The van der Waals surface area contributed by atoms with Crippen molar-refractivity contribution >= 4 is 0 Å². The molecule has 4 heteroatoms. The van der Waals surface area contributed by atoms with Crippen LogP contribution in [0.1, 0.15) is 49.3 Å². The second-order valence-electron chi connectivity index (χ2n) is 7.87. The highest BCUT2D eigenvalue weighted by atomic mass is 19.1. The van der Waals surface area contributed by atoms with Crippen molar-refractivity contribution in [3.63, 3.8) is 0 Å². The fraction of sp³-hybridized carbons (Fsp3) is 0.478. The second-order valence-corrected chi connectivity index (χ2v) is 7.87. The Bertz CT molecular complexity index is 670. The summed E-state index contributed by atoms with van der Waals surface area (Å²) in [6, 6.07) is 14.3. The van der Waals surface area contributed by atoms with Crippen LogP contribution in [-0.4, -0.2) is 42.0 Å². The molecule has 0 bridgehead atoms. The lowest BCUT2D eigenvalue weighted by Crippen LogP contribution is -2.51. The van der Waals surface area contributed by atoms with Gasteiger partial charge in [-0.25, -0.2) is 8.78 Å². The number of nitrogens with zero attached hydrogens (tertiary/aromatic N) is 2. The summed E-state index contributed by atoms with van der Waals surface area (Å²) in [7, 11) is 0. The van der Waals surface area contributed by atoms with Gasteiger partial charge in [0.25, 0.3) is 0 Å². The van der Waals surface area contributed by atoms with E-state index in [9.17, 15) is 8.78 Å². The van der Waals surface area contributed by atoms with Crippen LogP contribution >= 0.6 is 0 Å². The molecular weight excluding hydrogens is 342 g/mol. The summed E-state index contributed by atoms with van der Waals surface area (Å²) in [5.41, 5.74) is 2.13. The van der Waals surface area contributed by atoms with Gasteiger partial charge in [-0.3, -0.25) is 9.80 Å². The second kappa shape index (κ2) is 8.49. The van der Waals surface area contributed by atoms with Gasteiger partial charge in [0.15, 0.2) is 0 Å². The molecule has 2 aromatic rings. The Labute approximate surface area is 160 Å². The van der Waals surface area contributed by atoms with Crippen molar-refractivity contribution in [3.05, 3.63) is 71.3 Å². The zero-order valence-electron chi connectivity index (χ0n) is 15.8. The van der Waals surface area contributed by atoms with Crippen molar-refractivity contribution in [1.29, 1.82) is 0 Å². The quantitative estimate of drug-likeness (QED) is 0.747. The van der Waals surface area contributed by atoms with Crippen LogP contribution in [-0.2, 0) is 0 Å². The Hall–Kier alpha value is -1.78. The van der Waals surface area contributed by atoms with Gasteiger partial charge in [-0.1, -0.05) is 43.5 Å². The Morgan fingerprint density at radius 1 is 0.667 bits per heavy atom. The molecule has 4 rings (SSSR count). The predicted octanol–water partition coefficient (Wildman–Crippen LogP) is 5.00. The minimum Gasteiger partial charge on any atom is -0.298 e. The van der Waals surface area contributed by atoms with Gasteiger partial charge in [-0.2, -0.15) is 0 Å². The summed E-state index contributed by atoms with van der Waals surface area (Å²) >= 11 is 0. The molecule has 0 N–H and O–H groups in total. The molecule has 2 aliphatic rings. The number of halogens is 2. The molecule has 0 radical (unpaired) electrons. The first-order valence-electron chi connectivity index (χ1n) is 10.2. The molecule has 0 atom stereocenters. The molecule has 144 valence electrons. The topological polar surface area (TPSA) is 6.48 Å². The van der Waals surface area contributed by atoms with E-state index in [2.05, 4.69) is 9.80 Å². The molecule has 2 nitrogen and oxygen atoms in total. The van der Waals surface area contributed by atoms with Gasteiger partial charge in [-0.15, -0.1) is 0 Å². The highest BCUT2D eigenvalue weighted by Crippen LogP contribution is 2.31. The first kappa shape index (κ1) is 18.6. The van der Waals surface area contributed by atoms with E-state index in [1.54, 1.807) is 0 Å². The molecule has 0 unspecified atom stereocenters. The molecule has 0 aromatic heterocycles. The lowest BCUT2D eigenvalue weighted by atomic mass is 9.93. The van der Waals surface area contributed by atoms with Gasteiger partial charge in [0.05, 0.1) is 6.04 Å². The van der Waals surface area contributed by atoms with Crippen LogP contribution in [0.5, 0.6) is 0 Å². The molecule has 1 saturated carbocycles. The molecule has 1 heterocycles. The largest absolute Gasteiger partial charge is 0.298 e. The molecule has 1 aliphatic carbocycles. The molecule has 27 heavy (non-hydrogen) atoms. The third kappa shape index (κ3) is 4.39. The van der Waals surface area contributed by atoms with E-state index >= 15 is 0 Å². The third-order valence-electron chi connectivity index (χ3n) is 6.18. The van der Waals surface area contributed by atoms with Crippen molar-refractivity contribution in [2.24, 2.45) is 0 Å². The van der Waals surface area contributed by atoms with Crippen LogP contribution in [0, 0.1) is 11.6 Å². The summed E-state index contributed by atoms with van der Waals surface area (Å²) in [5, 5.41) is 0. The summed E-state index contributed by atoms with van der Waals surface area (Å²) in [6.45, 7) is 4.11. The molecule has 0 amide bonds. The SMILES string of the molecule is Fc1ccc(C(c2ccc(F)cc2)N2CCN(C3CCCCC3)CC2)cc1. The highest BCUT2D eigenvalue weighted by Gasteiger charge is 2.29. The fourth-order valence-corrected chi connectivity index (χ4v) is 4.71. The van der Waals surface area contributed by atoms with Gasteiger partial charge in [-0.05, 0) is 48.2 Å². The van der Waals surface area contributed by atoms with Crippen LogP contribution in [0.15, 0.2) is 48.5 Å². The molecule has 2 fully saturated rings. The number of rotatable bonds is 4. The number of hydrogen-bond acceptors (Lipinski definition) is 2. The predicted molar refractivity (Wildman–Crippen MR) is 105 cm³/mol. The minimum atomic E-state index is -0.223. The van der Waals surface area contributed by atoms with Crippen molar-refractivity contribution in [1.82, 2.24) is 9.80 Å². The maximum Gasteiger partial charge on any atom is 0.123 e. The van der Waals surface area contributed by atoms with Gasteiger partial charge in [0.1, 0.15) is 11.6 Å². The fourth-order valence-electron chi connectivity index (χ4n) is 4.71. The Kier molecular flexibility index (Phi) is 5.84. The maximum atomic E-state index is 13.4. The molecule has 2 aromatic carbocycles. The number of benzene rings is 2. The first-order valence-corrected chi connectivity index (χ1v) is 10.2. The zero-order valence-corrected chi connectivity index (χ0v) is 15.8. The smallest absolute Gasteiger partial charge is 0.123 e. The molecular formula is C23H28F2N2. The zero-order chi connectivity index (χ0) is 18.6. The van der Waals surface area contributed by atoms with E-state index in [0.717, 1.165) is 43.3 Å². The lowest BCUT2D eigenvalue weighted by Gasteiger charge is -2.43. The lowest BCUT2D eigenvalue weighted by molar-refractivity contribution is 0.0647. The maximum absolute atomic E-state index is 13.4. The van der Waals surface area contributed by atoms with E-state index < -0.39 is 0 Å². The van der Waals surface area contributed by atoms with Crippen molar-refractivity contribution in [3.8, 4) is 0 Å². The number of hydrogen-bond donors (Lipinski definition) is 0. The third-order valence-corrected chi connectivity index (χ3v) is 6.18. The van der Waals surface area contributed by atoms with Crippen LogP contribution in [0.2, 0.25) is 0 Å².